The maximum Gasteiger partial charge on any atom is 0.416 e. The molecule has 0 spiro atoms. The van der Waals surface area contributed by atoms with Crippen LogP contribution >= 0.6 is 0 Å². The number of halogens is 3. The van der Waals surface area contributed by atoms with Crippen LogP contribution in [0.25, 0.3) is 0 Å². The van der Waals surface area contributed by atoms with Crippen LogP contribution in [0.1, 0.15) is 22.7 Å². The molecule has 23 heavy (non-hydrogen) atoms. The van der Waals surface area contributed by atoms with Crippen molar-refractivity contribution in [3.8, 4) is 0 Å². The van der Waals surface area contributed by atoms with Gasteiger partial charge in [-0.25, -0.2) is 0 Å². The van der Waals surface area contributed by atoms with Crippen LogP contribution in [-0.2, 0) is 11.0 Å². The van der Waals surface area contributed by atoms with E-state index in [9.17, 15) is 18.0 Å². The highest BCUT2D eigenvalue weighted by molar-refractivity contribution is 6.05. The van der Waals surface area contributed by atoms with E-state index in [0.717, 1.165) is 17.7 Å². The summed E-state index contributed by atoms with van der Waals surface area (Å²) in [5.41, 5.74) is 7.43. The molecule has 120 valence electrons. The van der Waals surface area contributed by atoms with Gasteiger partial charge in [-0.2, -0.15) is 13.2 Å². The largest absolute Gasteiger partial charge is 0.416 e. The molecule has 0 bridgehead atoms. The summed E-state index contributed by atoms with van der Waals surface area (Å²) in [6.45, 7) is 1.90. The van der Waals surface area contributed by atoms with E-state index in [1.165, 1.54) is 17.0 Å². The summed E-state index contributed by atoms with van der Waals surface area (Å²) in [4.78, 5) is 13.6. The zero-order valence-corrected chi connectivity index (χ0v) is 12.3. The molecule has 1 fully saturated rings. The van der Waals surface area contributed by atoms with Crippen LogP contribution in [0.4, 0.5) is 18.9 Å². The minimum Gasteiger partial charge on any atom is -0.318 e. The molecular weight excluding hydrogens is 305 g/mol. The van der Waals surface area contributed by atoms with E-state index in [2.05, 4.69) is 0 Å². The molecule has 1 heterocycles. The Hall–Kier alpha value is -2.34. The average molecular weight is 320 g/mol. The smallest absolute Gasteiger partial charge is 0.318 e. The van der Waals surface area contributed by atoms with E-state index in [1.54, 1.807) is 6.07 Å². The normalized spacial score (nSPS) is 21.3. The van der Waals surface area contributed by atoms with Crippen molar-refractivity contribution in [2.24, 2.45) is 5.73 Å². The number of anilines is 1. The maximum absolute atomic E-state index is 12.7. The average Bonchev–Trinajstić information content (AvgIpc) is 2.50. The predicted molar refractivity (Wildman–Crippen MR) is 80.8 cm³/mol. The third-order valence-electron chi connectivity index (χ3n) is 4.00. The third kappa shape index (κ3) is 2.70. The number of nitrogens with zero attached hydrogens (tertiary/aromatic N) is 1. The Kier molecular flexibility index (Phi) is 3.64. The zero-order chi connectivity index (χ0) is 16.8. The summed E-state index contributed by atoms with van der Waals surface area (Å²) in [7, 11) is 0. The second-order valence-electron chi connectivity index (χ2n) is 5.64. The molecule has 0 aromatic heterocycles. The Balaban J connectivity index is 1.93. The monoisotopic (exact) mass is 320 g/mol. The SMILES string of the molecule is Cc1cccc(N2C(=O)[C@H](N)[C@H]2c2ccc(C(F)(F)F)cc2)c1. The lowest BCUT2D eigenvalue weighted by molar-refractivity contribution is -0.137. The molecule has 1 aliphatic heterocycles. The molecule has 1 saturated heterocycles. The number of β-lactam (4-membered cyclic amide) rings is 1. The highest BCUT2D eigenvalue weighted by Gasteiger charge is 2.46. The van der Waals surface area contributed by atoms with Crippen LogP contribution in [0, 0.1) is 6.92 Å². The van der Waals surface area contributed by atoms with Gasteiger partial charge < -0.3 is 10.6 Å². The molecule has 0 aliphatic carbocycles. The number of amides is 1. The van der Waals surface area contributed by atoms with Crippen LogP contribution < -0.4 is 10.6 Å². The van der Waals surface area contributed by atoms with Crippen molar-refractivity contribution in [3.05, 3.63) is 65.2 Å². The molecular formula is C17H15F3N2O. The van der Waals surface area contributed by atoms with Crippen LogP contribution in [0.3, 0.4) is 0 Å². The number of alkyl halides is 3. The fraction of sp³-hybridized carbons (Fsp3) is 0.235. The van der Waals surface area contributed by atoms with Gasteiger partial charge >= 0.3 is 6.18 Å². The third-order valence-corrected chi connectivity index (χ3v) is 4.00. The van der Waals surface area contributed by atoms with E-state index < -0.39 is 23.8 Å². The van der Waals surface area contributed by atoms with Crippen molar-refractivity contribution in [3.63, 3.8) is 0 Å². The van der Waals surface area contributed by atoms with E-state index in [1.807, 2.05) is 25.1 Å². The van der Waals surface area contributed by atoms with Crippen LogP contribution in [-0.4, -0.2) is 11.9 Å². The highest BCUT2D eigenvalue weighted by Crippen LogP contribution is 2.39. The quantitative estimate of drug-likeness (QED) is 0.862. The summed E-state index contributed by atoms with van der Waals surface area (Å²) in [6.07, 6.45) is -4.38. The van der Waals surface area contributed by atoms with Gasteiger partial charge in [0.05, 0.1) is 11.6 Å². The van der Waals surface area contributed by atoms with Crippen molar-refractivity contribution in [1.29, 1.82) is 0 Å². The number of carbonyl (C=O) groups is 1. The first-order chi connectivity index (χ1) is 10.8. The molecule has 1 amide bonds. The Morgan fingerprint density at radius 1 is 1.09 bits per heavy atom. The van der Waals surface area contributed by atoms with Crippen molar-refractivity contribution in [2.75, 3.05) is 4.90 Å². The molecule has 1 aliphatic rings. The standard InChI is InChI=1S/C17H15F3N2O/c1-10-3-2-4-13(9-10)22-15(14(21)16(22)23)11-5-7-12(8-6-11)17(18,19)20/h2-9,14-15H,21H2,1H3/t14-,15-/m1/s1. The second kappa shape index (κ2) is 5.38. The van der Waals surface area contributed by atoms with Gasteiger partial charge in [-0.05, 0) is 42.3 Å². The molecule has 2 N–H and O–H groups in total. The van der Waals surface area contributed by atoms with Gasteiger partial charge in [-0.3, -0.25) is 4.79 Å². The van der Waals surface area contributed by atoms with Crippen molar-refractivity contribution in [1.82, 2.24) is 0 Å². The predicted octanol–water partition coefficient (Wildman–Crippen LogP) is 3.43. The fourth-order valence-corrected chi connectivity index (χ4v) is 2.80. The topological polar surface area (TPSA) is 46.3 Å². The number of nitrogens with two attached hydrogens (primary N) is 1. The molecule has 0 saturated carbocycles. The van der Waals surface area contributed by atoms with E-state index in [0.29, 0.717) is 11.3 Å². The Labute approximate surface area is 131 Å². The summed E-state index contributed by atoms with van der Waals surface area (Å²) < 4.78 is 38.0. The summed E-state index contributed by atoms with van der Waals surface area (Å²) in [5.74, 6) is -0.236. The minimum absolute atomic E-state index is 0.236. The molecule has 2 aromatic carbocycles. The summed E-state index contributed by atoms with van der Waals surface area (Å²) in [6, 6.07) is 10.9. The zero-order valence-electron chi connectivity index (χ0n) is 12.3. The van der Waals surface area contributed by atoms with Gasteiger partial charge in [0.2, 0.25) is 5.91 Å². The number of benzene rings is 2. The van der Waals surface area contributed by atoms with Gasteiger partial charge in [-0.1, -0.05) is 24.3 Å². The van der Waals surface area contributed by atoms with Gasteiger partial charge in [0.1, 0.15) is 6.04 Å². The first kappa shape index (κ1) is 15.6. The number of aryl methyl sites for hydroxylation is 1. The maximum atomic E-state index is 12.7. The Morgan fingerprint density at radius 2 is 1.74 bits per heavy atom. The minimum atomic E-state index is -4.38. The first-order valence-electron chi connectivity index (χ1n) is 7.11. The van der Waals surface area contributed by atoms with Gasteiger partial charge in [0.25, 0.3) is 0 Å². The highest BCUT2D eigenvalue weighted by atomic mass is 19.4. The lowest BCUT2D eigenvalue weighted by atomic mass is 9.88. The van der Waals surface area contributed by atoms with Crippen molar-refractivity contribution in [2.45, 2.75) is 25.2 Å². The van der Waals surface area contributed by atoms with Crippen LogP contribution in [0.5, 0.6) is 0 Å². The summed E-state index contributed by atoms with van der Waals surface area (Å²) in [5, 5.41) is 0. The van der Waals surface area contributed by atoms with Crippen molar-refractivity contribution >= 4 is 11.6 Å². The van der Waals surface area contributed by atoms with E-state index in [-0.39, 0.29) is 5.91 Å². The van der Waals surface area contributed by atoms with E-state index >= 15 is 0 Å². The Bertz CT molecular complexity index is 740. The van der Waals surface area contributed by atoms with Crippen molar-refractivity contribution < 1.29 is 18.0 Å². The Morgan fingerprint density at radius 3 is 2.30 bits per heavy atom. The lowest BCUT2D eigenvalue weighted by Gasteiger charge is -2.45. The molecule has 6 heteroatoms. The van der Waals surface area contributed by atoms with Gasteiger partial charge in [0.15, 0.2) is 0 Å². The summed E-state index contributed by atoms with van der Waals surface area (Å²) >= 11 is 0. The molecule has 3 nitrogen and oxygen atoms in total. The molecule has 3 rings (SSSR count). The van der Waals surface area contributed by atoms with Crippen LogP contribution in [0.2, 0.25) is 0 Å². The molecule has 0 radical (unpaired) electrons. The fourth-order valence-electron chi connectivity index (χ4n) is 2.80. The second-order valence-corrected chi connectivity index (χ2v) is 5.64. The number of carbonyl (C=O) groups excluding carboxylic acids is 1. The van der Waals surface area contributed by atoms with Gasteiger partial charge in [-0.15, -0.1) is 0 Å². The lowest BCUT2D eigenvalue weighted by Crippen LogP contribution is -2.63. The molecule has 2 aromatic rings. The van der Waals surface area contributed by atoms with Crippen LogP contribution in [0.15, 0.2) is 48.5 Å². The van der Waals surface area contributed by atoms with Gasteiger partial charge in [0, 0.05) is 5.69 Å². The number of hydrogen-bond acceptors (Lipinski definition) is 2. The molecule has 2 atom stereocenters. The van der Waals surface area contributed by atoms with E-state index in [4.69, 9.17) is 5.73 Å². The molecule has 0 unspecified atom stereocenters. The number of rotatable bonds is 2. The number of hydrogen-bond donors (Lipinski definition) is 1. The first-order valence-corrected chi connectivity index (χ1v) is 7.11.